The largest absolute Gasteiger partial charge is 0.0985 e. The zero-order valence-corrected chi connectivity index (χ0v) is 12.4. The molecule has 0 heteroatoms. The van der Waals surface area contributed by atoms with Crippen molar-refractivity contribution in [2.24, 2.45) is 0 Å². The second-order valence-electron chi connectivity index (χ2n) is 4.93. The van der Waals surface area contributed by atoms with Gasteiger partial charge < -0.3 is 0 Å². The Morgan fingerprint density at radius 1 is 0.667 bits per heavy atom. The molecular formula is C21H20. The van der Waals surface area contributed by atoms with Crippen LogP contribution in [0, 0.1) is 6.92 Å². The maximum atomic E-state index is 3.74. The van der Waals surface area contributed by atoms with Gasteiger partial charge in [0.1, 0.15) is 0 Å². The van der Waals surface area contributed by atoms with Gasteiger partial charge in [-0.05, 0) is 34.9 Å². The fourth-order valence-corrected chi connectivity index (χ4v) is 2.04. The molecule has 0 aliphatic rings. The smallest absolute Gasteiger partial charge is 0.0178 e. The van der Waals surface area contributed by atoms with Crippen LogP contribution >= 0.6 is 0 Å². The van der Waals surface area contributed by atoms with Crippen molar-refractivity contribution in [3.05, 3.63) is 96.6 Å². The van der Waals surface area contributed by atoms with Crippen LogP contribution in [0.1, 0.15) is 16.7 Å². The van der Waals surface area contributed by atoms with Crippen molar-refractivity contribution in [3.8, 4) is 0 Å². The van der Waals surface area contributed by atoms with Crippen LogP contribution in [0.15, 0.2) is 79.9 Å². The summed E-state index contributed by atoms with van der Waals surface area (Å²) in [5.41, 5.74) is 3.65. The highest BCUT2D eigenvalue weighted by atomic mass is 14.0. The summed E-state index contributed by atoms with van der Waals surface area (Å²) >= 11 is 0. The quantitative estimate of drug-likeness (QED) is 0.527. The van der Waals surface area contributed by atoms with Crippen LogP contribution in [-0.4, -0.2) is 0 Å². The number of hydrogen-bond donors (Lipinski definition) is 0. The molecule has 0 amide bonds. The van der Waals surface area contributed by atoms with Gasteiger partial charge >= 0.3 is 0 Å². The van der Waals surface area contributed by atoms with Crippen LogP contribution in [-0.2, 0) is 0 Å². The molecule has 3 rings (SSSR count). The van der Waals surface area contributed by atoms with Crippen molar-refractivity contribution in [1.29, 1.82) is 0 Å². The fourth-order valence-electron chi connectivity index (χ4n) is 2.04. The minimum atomic E-state index is 1.17. The predicted octanol–water partition coefficient (Wildman–Crippen LogP) is 6.12. The Morgan fingerprint density at radius 2 is 1.24 bits per heavy atom. The maximum absolute atomic E-state index is 3.74. The average Bonchev–Trinajstić information content (AvgIpc) is 2.55. The highest BCUT2D eigenvalue weighted by Crippen LogP contribution is 2.15. The summed E-state index contributed by atoms with van der Waals surface area (Å²) in [5, 5.41) is 2.55. The summed E-state index contributed by atoms with van der Waals surface area (Å²) in [6, 6.07) is 22.9. The van der Waals surface area contributed by atoms with Gasteiger partial charge in [-0.3, -0.25) is 0 Å². The Kier molecular flexibility index (Phi) is 5.11. The molecule has 3 aromatic carbocycles. The lowest BCUT2D eigenvalue weighted by Crippen LogP contribution is -1.73. The first-order valence-corrected chi connectivity index (χ1v) is 7.03. The van der Waals surface area contributed by atoms with Crippen molar-refractivity contribution < 1.29 is 0 Å². The van der Waals surface area contributed by atoms with Crippen molar-refractivity contribution in [3.63, 3.8) is 0 Å². The lowest BCUT2D eigenvalue weighted by atomic mass is 10.1. The minimum Gasteiger partial charge on any atom is -0.0985 e. The van der Waals surface area contributed by atoms with Gasteiger partial charge in [0.05, 0.1) is 0 Å². The van der Waals surface area contributed by atoms with E-state index >= 15 is 0 Å². The lowest BCUT2D eigenvalue weighted by Gasteiger charge is -1.97. The molecule has 0 saturated heterocycles. The van der Waals surface area contributed by atoms with E-state index in [1.165, 1.54) is 27.5 Å². The molecule has 21 heavy (non-hydrogen) atoms. The molecule has 0 fully saturated rings. The third-order valence-corrected chi connectivity index (χ3v) is 3.32. The molecule has 0 nitrogen and oxygen atoms in total. The number of fused-ring (bicyclic) bond motifs is 1. The maximum Gasteiger partial charge on any atom is -0.0178 e. The van der Waals surface area contributed by atoms with E-state index < -0.39 is 0 Å². The van der Waals surface area contributed by atoms with Crippen molar-refractivity contribution >= 4 is 22.9 Å². The van der Waals surface area contributed by atoms with Crippen LogP contribution in [0.3, 0.4) is 0 Å². The van der Waals surface area contributed by atoms with Crippen molar-refractivity contribution in [1.82, 2.24) is 0 Å². The Balaban J connectivity index is 0.000000161. The van der Waals surface area contributed by atoms with Crippen LogP contribution in [0.4, 0.5) is 0 Å². The molecule has 0 saturated carbocycles. The van der Waals surface area contributed by atoms with E-state index in [1.54, 1.807) is 0 Å². The normalized spacial score (nSPS) is 9.57. The number of hydrogen-bond acceptors (Lipinski definition) is 0. The minimum absolute atomic E-state index is 1.17. The molecule has 0 radical (unpaired) electrons. The summed E-state index contributed by atoms with van der Waals surface area (Å²) in [6.45, 7) is 9.47. The molecule has 0 bridgehead atoms. The van der Waals surface area contributed by atoms with Gasteiger partial charge in [-0.1, -0.05) is 91.5 Å². The van der Waals surface area contributed by atoms with Crippen LogP contribution < -0.4 is 0 Å². The van der Waals surface area contributed by atoms with Crippen molar-refractivity contribution in [2.75, 3.05) is 0 Å². The monoisotopic (exact) mass is 272 g/mol. The van der Waals surface area contributed by atoms with E-state index in [-0.39, 0.29) is 0 Å². The first kappa shape index (κ1) is 14.8. The summed E-state index contributed by atoms with van der Waals surface area (Å²) in [7, 11) is 0. The standard InChI is InChI=1S/C12H10.C9H10/c1-2-10-7-8-11-5-3-4-6-12(11)9-10;1-3-9-6-4-8(2)5-7-9/h2-9H,1H2;3-7H,1H2,2H3. The average molecular weight is 272 g/mol. The second-order valence-corrected chi connectivity index (χ2v) is 4.93. The molecule has 3 aromatic rings. The van der Waals surface area contributed by atoms with Gasteiger partial charge in [0.15, 0.2) is 0 Å². The Labute approximate surface area is 127 Å². The Hall–Kier alpha value is -2.60. The highest BCUT2D eigenvalue weighted by Gasteiger charge is 1.90. The molecule has 0 aliphatic carbocycles. The van der Waals surface area contributed by atoms with Gasteiger partial charge in [0.25, 0.3) is 0 Å². The molecular weight excluding hydrogens is 252 g/mol. The van der Waals surface area contributed by atoms with E-state index in [0.717, 1.165) is 0 Å². The number of rotatable bonds is 2. The summed E-state index contributed by atoms with van der Waals surface area (Å²) < 4.78 is 0. The van der Waals surface area contributed by atoms with E-state index in [4.69, 9.17) is 0 Å². The van der Waals surface area contributed by atoms with Gasteiger partial charge in [0, 0.05) is 0 Å². The van der Waals surface area contributed by atoms with Gasteiger partial charge in [-0.15, -0.1) is 0 Å². The van der Waals surface area contributed by atoms with Gasteiger partial charge in [0.2, 0.25) is 0 Å². The zero-order chi connectivity index (χ0) is 15.1. The van der Waals surface area contributed by atoms with E-state index in [2.05, 4.69) is 86.8 Å². The third kappa shape index (κ3) is 4.19. The SMILES string of the molecule is C=Cc1ccc(C)cc1.C=Cc1ccc2ccccc2c1. The second kappa shape index (κ2) is 7.25. The molecule has 0 aromatic heterocycles. The molecule has 0 unspecified atom stereocenters. The van der Waals surface area contributed by atoms with Crippen LogP contribution in [0.5, 0.6) is 0 Å². The lowest BCUT2D eigenvalue weighted by molar-refractivity contribution is 1.46. The van der Waals surface area contributed by atoms with Gasteiger partial charge in [-0.25, -0.2) is 0 Å². The molecule has 0 N–H and O–H groups in total. The Morgan fingerprint density at radius 3 is 1.86 bits per heavy atom. The molecule has 0 atom stereocenters. The first-order chi connectivity index (χ1) is 10.2. The zero-order valence-electron chi connectivity index (χ0n) is 12.4. The summed E-state index contributed by atoms with van der Waals surface area (Å²) in [4.78, 5) is 0. The number of benzene rings is 3. The summed E-state index contributed by atoms with van der Waals surface area (Å²) in [5.74, 6) is 0. The van der Waals surface area contributed by atoms with Crippen molar-refractivity contribution in [2.45, 2.75) is 6.92 Å². The molecule has 104 valence electrons. The van der Waals surface area contributed by atoms with E-state index in [9.17, 15) is 0 Å². The summed E-state index contributed by atoms with van der Waals surface area (Å²) in [6.07, 6.45) is 3.71. The fraction of sp³-hybridized carbons (Fsp3) is 0.0476. The topological polar surface area (TPSA) is 0 Å². The molecule has 0 spiro atoms. The first-order valence-electron chi connectivity index (χ1n) is 7.03. The molecule has 0 heterocycles. The highest BCUT2D eigenvalue weighted by molar-refractivity contribution is 5.84. The number of aryl methyl sites for hydroxylation is 1. The van der Waals surface area contributed by atoms with Crippen LogP contribution in [0.25, 0.3) is 22.9 Å². The van der Waals surface area contributed by atoms with Crippen LogP contribution in [0.2, 0.25) is 0 Å². The predicted molar refractivity (Wildman–Crippen MR) is 95.3 cm³/mol. The third-order valence-electron chi connectivity index (χ3n) is 3.32. The Bertz CT molecular complexity index is 733. The molecule has 0 aliphatic heterocycles. The van der Waals surface area contributed by atoms with Gasteiger partial charge in [-0.2, -0.15) is 0 Å². The van der Waals surface area contributed by atoms with E-state index in [1.807, 2.05) is 12.2 Å². The van der Waals surface area contributed by atoms with E-state index in [0.29, 0.717) is 0 Å².